The number of hydrogen-bond donors (Lipinski definition) is 0. The van der Waals surface area contributed by atoms with Crippen LogP contribution in [0.1, 0.15) is 23.6 Å². The maximum atomic E-state index is 5.73. The molecule has 25 heavy (non-hydrogen) atoms. The highest BCUT2D eigenvalue weighted by molar-refractivity contribution is 5.43. The van der Waals surface area contributed by atoms with E-state index in [4.69, 9.17) is 13.9 Å². The van der Waals surface area contributed by atoms with E-state index in [1.54, 1.807) is 6.20 Å². The first-order valence-corrected chi connectivity index (χ1v) is 8.90. The molecule has 1 aromatic heterocycles. The SMILES string of the molecule is Cc1cnc(CN(Cc2ccc3c(c2)OCCO3)[C@@H]2CCN(C)C2)o1. The smallest absolute Gasteiger partial charge is 0.208 e. The van der Waals surface area contributed by atoms with Crippen molar-refractivity contribution in [3.8, 4) is 11.5 Å². The van der Waals surface area contributed by atoms with Crippen LogP contribution in [0.2, 0.25) is 0 Å². The molecule has 2 aliphatic rings. The van der Waals surface area contributed by atoms with Gasteiger partial charge in [0.2, 0.25) is 5.89 Å². The van der Waals surface area contributed by atoms with E-state index in [9.17, 15) is 0 Å². The molecule has 1 saturated heterocycles. The van der Waals surface area contributed by atoms with Gasteiger partial charge in [-0.05, 0) is 44.6 Å². The molecular weight excluding hydrogens is 318 g/mol. The molecule has 6 nitrogen and oxygen atoms in total. The molecule has 1 fully saturated rings. The Labute approximate surface area is 148 Å². The average Bonchev–Trinajstić information content (AvgIpc) is 3.22. The van der Waals surface area contributed by atoms with E-state index >= 15 is 0 Å². The van der Waals surface area contributed by atoms with E-state index in [2.05, 4.69) is 34.0 Å². The van der Waals surface area contributed by atoms with E-state index in [1.165, 1.54) is 12.0 Å². The fourth-order valence-electron chi connectivity index (χ4n) is 3.59. The summed E-state index contributed by atoms with van der Waals surface area (Å²) in [7, 11) is 2.18. The Morgan fingerprint density at radius 1 is 1.20 bits per heavy atom. The molecule has 1 atom stereocenters. The predicted octanol–water partition coefficient (Wildman–Crippen LogP) is 2.46. The Morgan fingerprint density at radius 3 is 2.76 bits per heavy atom. The van der Waals surface area contributed by atoms with Gasteiger partial charge in [-0.15, -0.1) is 0 Å². The highest BCUT2D eigenvalue weighted by Crippen LogP contribution is 2.31. The molecule has 4 rings (SSSR count). The normalized spacial score (nSPS) is 20.4. The molecule has 0 N–H and O–H groups in total. The van der Waals surface area contributed by atoms with Crippen LogP contribution >= 0.6 is 0 Å². The first-order chi connectivity index (χ1) is 12.2. The molecule has 0 spiro atoms. The summed E-state index contributed by atoms with van der Waals surface area (Å²) < 4.78 is 17.1. The average molecular weight is 343 g/mol. The van der Waals surface area contributed by atoms with Crippen molar-refractivity contribution in [2.45, 2.75) is 32.5 Å². The van der Waals surface area contributed by atoms with Crippen LogP contribution < -0.4 is 9.47 Å². The van der Waals surface area contributed by atoms with Crippen LogP contribution in [0.25, 0.3) is 0 Å². The number of likely N-dealkylation sites (tertiary alicyclic amines) is 1. The maximum Gasteiger partial charge on any atom is 0.208 e. The highest BCUT2D eigenvalue weighted by Gasteiger charge is 2.27. The van der Waals surface area contributed by atoms with Gasteiger partial charge in [0.1, 0.15) is 19.0 Å². The van der Waals surface area contributed by atoms with Gasteiger partial charge in [-0.1, -0.05) is 6.07 Å². The van der Waals surface area contributed by atoms with Crippen LogP contribution in [0.4, 0.5) is 0 Å². The standard InChI is InChI=1S/C19H25N3O3/c1-14-10-20-19(25-14)13-22(16-5-6-21(2)12-16)11-15-3-4-17-18(9-15)24-8-7-23-17/h3-4,9-10,16H,5-8,11-13H2,1-2H3/t16-/m1/s1. The third-order valence-electron chi connectivity index (χ3n) is 4.88. The molecule has 6 heteroatoms. The third kappa shape index (κ3) is 3.80. The predicted molar refractivity (Wildman–Crippen MR) is 93.8 cm³/mol. The molecule has 2 aromatic rings. The fraction of sp³-hybridized carbons (Fsp3) is 0.526. The first kappa shape index (κ1) is 16.4. The van der Waals surface area contributed by atoms with Gasteiger partial charge in [0.25, 0.3) is 0 Å². The lowest BCUT2D eigenvalue weighted by molar-refractivity contribution is 0.160. The summed E-state index contributed by atoms with van der Waals surface area (Å²) in [4.78, 5) is 9.23. The number of fused-ring (bicyclic) bond motifs is 1. The molecule has 0 aliphatic carbocycles. The van der Waals surface area contributed by atoms with Crippen molar-refractivity contribution in [1.82, 2.24) is 14.8 Å². The van der Waals surface area contributed by atoms with Crippen molar-refractivity contribution in [3.05, 3.63) is 41.6 Å². The van der Waals surface area contributed by atoms with Gasteiger partial charge in [0, 0.05) is 19.1 Å². The molecular formula is C19H25N3O3. The second-order valence-electron chi connectivity index (χ2n) is 6.95. The number of hydrogen-bond acceptors (Lipinski definition) is 6. The molecule has 0 saturated carbocycles. The summed E-state index contributed by atoms with van der Waals surface area (Å²) in [5.41, 5.74) is 1.22. The van der Waals surface area contributed by atoms with Gasteiger partial charge < -0.3 is 18.8 Å². The van der Waals surface area contributed by atoms with Crippen molar-refractivity contribution in [1.29, 1.82) is 0 Å². The van der Waals surface area contributed by atoms with Crippen molar-refractivity contribution in [2.75, 3.05) is 33.4 Å². The number of nitrogens with zero attached hydrogens (tertiary/aromatic N) is 3. The second kappa shape index (κ2) is 7.06. The maximum absolute atomic E-state index is 5.73. The van der Waals surface area contributed by atoms with Crippen molar-refractivity contribution in [2.24, 2.45) is 0 Å². The largest absolute Gasteiger partial charge is 0.486 e. The van der Waals surface area contributed by atoms with Gasteiger partial charge in [0.15, 0.2) is 11.5 Å². The Hall–Kier alpha value is -2.05. The van der Waals surface area contributed by atoms with Crippen LogP contribution in [0.15, 0.2) is 28.8 Å². The molecule has 0 unspecified atom stereocenters. The summed E-state index contributed by atoms with van der Waals surface area (Å²) in [6.07, 6.45) is 2.96. The van der Waals surface area contributed by atoms with Crippen LogP contribution in [0.5, 0.6) is 11.5 Å². The topological polar surface area (TPSA) is 51.0 Å². The monoisotopic (exact) mass is 343 g/mol. The zero-order chi connectivity index (χ0) is 17.2. The summed E-state index contributed by atoms with van der Waals surface area (Å²) in [6, 6.07) is 6.74. The summed E-state index contributed by atoms with van der Waals surface area (Å²) in [6.45, 7) is 6.94. The van der Waals surface area contributed by atoms with E-state index in [1.807, 2.05) is 13.0 Å². The van der Waals surface area contributed by atoms with Crippen LogP contribution in [0.3, 0.4) is 0 Å². The van der Waals surface area contributed by atoms with Gasteiger partial charge in [-0.3, -0.25) is 4.90 Å². The van der Waals surface area contributed by atoms with Gasteiger partial charge in [-0.25, -0.2) is 4.98 Å². The van der Waals surface area contributed by atoms with E-state index in [0.29, 0.717) is 19.3 Å². The lowest BCUT2D eigenvalue weighted by Gasteiger charge is -2.28. The minimum atomic E-state index is 0.505. The Kier molecular flexibility index (Phi) is 4.63. The number of rotatable bonds is 5. The second-order valence-corrected chi connectivity index (χ2v) is 6.95. The fourth-order valence-corrected chi connectivity index (χ4v) is 3.59. The lowest BCUT2D eigenvalue weighted by Crippen LogP contribution is -2.36. The number of benzene rings is 1. The van der Waals surface area contributed by atoms with Crippen LogP contribution in [-0.2, 0) is 13.1 Å². The van der Waals surface area contributed by atoms with Crippen LogP contribution in [0, 0.1) is 6.92 Å². The van der Waals surface area contributed by atoms with Crippen molar-refractivity contribution in [3.63, 3.8) is 0 Å². The van der Waals surface area contributed by atoms with E-state index in [-0.39, 0.29) is 0 Å². The molecule has 0 bridgehead atoms. The minimum Gasteiger partial charge on any atom is -0.486 e. The molecule has 1 aromatic carbocycles. The Bertz CT molecular complexity index is 730. The third-order valence-corrected chi connectivity index (χ3v) is 4.88. The molecule has 134 valence electrons. The molecule has 3 heterocycles. The zero-order valence-corrected chi connectivity index (χ0v) is 14.9. The van der Waals surface area contributed by atoms with E-state index in [0.717, 1.165) is 49.3 Å². The number of aryl methyl sites for hydroxylation is 1. The quantitative estimate of drug-likeness (QED) is 0.831. The van der Waals surface area contributed by atoms with E-state index < -0.39 is 0 Å². The van der Waals surface area contributed by atoms with Crippen molar-refractivity contribution >= 4 is 0 Å². The molecule has 0 radical (unpaired) electrons. The summed E-state index contributed by atoms with van der Waals surface area (Å²) >= 11 is 0. The first-order valence-electron chi connectivity index (χ1n) is 8.90. The Balaban J connectivity index is 1.53. The van der Waals surface area contributed by atoms with Crippen molar-refractivity contribution < 1.29 is 13.9 Å². The highest BCUT2D eigenvalue weighted by atomic mass is 16.6. The van der Waals surface area contributed by atoms with Gasteiger partial charge in [0.05, 0.1) is 12.7 Å². The van der Waals surface area contributed by atoms with Gasteiger partial charge in [-0.2, -0.15) is 0 Å². The summed E-state index contributed by atoms with van der Waals surface area (Å²) in [5.74, 6) is 3.33. The number of ether oxygens (including phenoxy) is 2. The minimum absolute atomic E-state index is 0.505. The zero-order valence-electron chi connectivity index (χ0n) is 14.9. The molecule has 0 amide bonds. The summed E-state index contributed by atoms with van der Waals surface area (Å²) in [5, 5.41) is 0. The van der Waals surface area contributed by atoms with Gasteiger partial charge >= 0.3 is 0 Å². The number of oxazole rings is 1. The Morgan fingerprint density at radius 2 is 2.04 bits per heavy atom. The lowest BCUT2D eigenvalue weighted by atomic mass is 10.1. The molecule has 2 aliphatic heterocycles. The number of aromatic nitrogens is 1. The number of likely N-dealkylation sites (N-methyl/N-ethyl adjacent to an activating group) is 1. The van der Waals surface area contributed by atoms with Crippen LogP contribution in [-0.4, -0.2) is 54.2 Å².